The second-order valence-corrected chi connectivity index (χ2v) is 4.52. The summed E-state index contributed by atoms with van der Waals surface area (Å²) in [5, 5.41) is 0. The first-order valence-electron chi connectivity index (χ1n) is 5.30. The molecule has 0 aromatic carbocycles. The molecule has 0 heterocycles. The van der Waals surface area contributed by atoms with Gasteiger partial charge in [-0.25, -0.2) is 0 Å². The van der Waals surface area contributed by atoms with Crippen LogP contribution in [0, 0.1) is 11.8 Å². The van der Waals surface area contributed by atoms with Crippen LogP contribution < -0.4 is 11.5 Å². The van der Waals surface area contributed by atoms with Gasteiger partial charge in [-0.2, -0.15) is 0 Å². The Morgan fingerprint density at radius 3 is 1.50 bits per heavy atom. The highest BCUT2D eigenvalue weighted by atomic mass is 14.7. The van der Waals surface area contributed by atoms with E-state index in [0.29, 0.717) is 12.1 Å². The molecule has 2 heteroatoms. The molecule has 0 radical (unpaired) electrons. The average molecular weight is 168 g/mol. The molecular formula is C10H20N2. The van der Waals surface area contributed by atoms with Crippen LogP contribution in [0.3, 0.4) is 0 Å². The summed E-state index contributed by atoms with van der Waals surface area (Å²) in [6, 6.07) is 0.908. The molecule has 0 bridgehead atoms. The van der Waals surface area contributed by atoms with Gasteiger partial charge in [0.25, 0.3) is 0 Å². The predicted molar refractivity (Wildman–Crippen MR) is 50.6 cm³/mol. The van der Waals surface area contributed by atoms with Crippen molar-refractivity contribution in [2.24, 2.45) is 23.3 Å². The van der Waals surface area contributed by atoms with Gasteiger partial charge in [-0.15, -0.1) is 0 Å². The lowest BCUT2D eigenvalue weighted by molar-refractivity contribution is 0.125. The molecule has 12 heavy (non-hydrogen) atoms. The molecule has 2 rings (SSSR count). The van der Waals surface area contributed by atoms with Crippen molar-refractivity contribution in [1.82, 2.24) is 0 Å². The van der Waals surface area contributed by atoms with Gasteiger partial charge in [-0.3, -0.25) is 0 Å². The second-order valence-electron chi connectivity index (χ2n) is 4.52. The smallest absolute Gasteiger partial charge is 0.00703 e. The van der Waals surface area contributed by atoms with Crippen molar-refractivity contribution in [3.05, 3.63) is 0 Å². The highest BCUT2D eigenvalue weighted by molar-refractivity contribution is 4.92. The molecule has 2 nitrogen and oxygen atoms in total. The van der Waals surface area contributed by atoms with E-state index >= 15 is 0 Å². The standard InChI is InChI=1S/C10H20N2/c11-9-5-1-3-7-8(9)4-2-6-10(7)12/h7-10H,1-6,11-12H2/t7-,8-,9+,10+/m0/s1. The molecule has 2 aliphatic carbocycles. The van der Waals surface area contributed by atoms with E-state index in [1.165, 1.54) is 38.5 Å². The van der Waals surface area contributed by atoms with E-state index < -0.39 is 0 Å². The van der Waals surface area contributed by atoms with Crippen molar-refractivity contribution < 1.29 is 0 Å². The lowest BCUT2D eigenvalue weighted by Crippen LogP contribution is -2.48. The van der Waals surface area contributed by atoms with E-state index in [1.54, 1.807) is 0 Å². The maximum atomic E-state index is 6.10. The summed E-state index contributed by atoms with van der Waals surface area (Å²) in [6.07, 6.45) is 7.73. The molecule has 0 aliphatic heterocycles. The van der Waals surface area contributed by atoms with E-state index in [9.17, 15) is 0 Å². The Balaban J connectivity index is 2.05. The third kappa shape index (κ3) is 1.38. The summed E-state index contributed by atoms with van der Waals surface area (Å²) in [5.41, 5.74) is 12.2. The molecule has 0 aromatic rings. The Labute approximate surface area is 74.7 Å². The molecule has 0 unspecified atom stereocenters. The first-order valence-corrected chi connectivity index (χ1v) is 5.30. The largest absolute Gasteiger partial charge is 0.327 e. The number of fused-ring (bicyclic) bond motifs is 1. The molecular weight excluding hydrogens is 148 g/mol. The van der Waals surface area contributed by atoms with Gasteiger partial charge in [0.1, 0.15) is 0 Å². The van der Waals surface area contributed by atoms with Crippen LogP contribution in [0.15, 0.2) is 0 Å². The number of nitrogens with two attached hydrogens (primary N) is 2. The Hall–Kier alpha value is -0.0800. The van der Waals surface area contributed by atoms with E-state index in [2.05, 4.69) is 0 Å². The van der Waals surface area contributed by atoms with Gasteiger partial charge in [-0.1, -0.05) is 12.8 Å². The minimum absolute atomic E-state index is 0.454. The third-order valence-corrected chi connectivity index (χ3v) is 3.80. The molecule has 2 aliphatic rings. The Bertz CT molecular complexity index is 140. The summed E-state index contributed by atoms with van der Waals surface area (Å²) >= 11 is 0. The normalized spacial score (nSPS) is 48.5. The van der Waals surface area contributed by atoms with Crippen molar-refractivity contribution in [3.8, 4) is 0 Å². The zero-order chi connectivity index (χ0) is 8.55. The minimum Gasteiger partial charge on any atom is -0.327 e. The van der Waals surface area contributed by atoms with Crippen molar-refractivity contribution in [3.63, 3.8) is 0 Å². The fourth-order valence-corrected chi connectivity index (χ4v) is 3.10. The van der Waals surface area contributed by atoms with Gasteiger partial charge in [0.15, 0.2) is 0 Å². The van der Waals surface area contributed by atoms with Crippen molar-refractivity contribution in [2.75, 3.05) is 0 Å². The highest BCUT2D eigenvalue weighted by Crippen LogP contribution is 2.39. The summed E-state index contributed by atoms with van der Waals surface area (Å²) in [5.74, 6) is 1.50. The van der Waals surface area contributed by atoms with Crippen LogP contribution in [-0.2, 0) is 0 Å². The van der Waals surface area contributed by atoms with E-state index in [4.69, 9.17) is 11.5 Å². The van der Waals surface area contributed by atoms with Crippen LogP contribution in [0.25, 0.3) is 0 Å². The maximum Gasteiger partial charge on any atom is 0.00703 e. The highest BCUT2D eigenvalue weighted by Gasteiger charge is 2.36. The van der Waals surface area contributed by atoms with Gasteiger partial charge in [0, 0.05) is 12.1 Å². The number of hydrogen-bond acceptors (Lipinski definition) is 2. The van der Waals surface area contributed by atoms with Gasteiger partial charge >= 0.3 is 0 Å². The molecule has 2 fully saturated rings. The summed E-state index contributed by atoms with van der Waals surface area (Å²) in [7, 11) is 0. The molecule has 4 atom stereocenters. The van der Waals surface area contributed by atoms with E-state index in [0.717, 1.165) is 11.8 Å². The number of hydrogen-bond donors (Lipinski definition) is 2. The molecule has 4 N–H and O–H groups in total. The zero-order valence-corrected chi connectivity index (χ0v) is 7.71. The zero-order valence-electron chi connectivity index (χ0n) is 7.71. The average Bonchev–Trinajstić information content (AvgIpc) is 2.07. The summed E-state index contributed by atoms with van der Waals surface area (Å²) in [6.45, 7) is 0. The van der Waals surface area contributed by atoms with Crippen molar-refractivity contribution >= 4 is 0 Å². The quantitative estimate of drug-likeness (QED) is 0.572. The molecule has 0 saturated heterocycles. The lowest BCUT2D eigenvalue weighted by atomic mass is 9.66. The third-order valence-electron chi connectivity index (χ3n) is 3.80. The Morgan fingerprint density at radius 2 is 1.08 bits per heavy atom. The Kier molecular flexibility index (Phi) is 2.37. The monoisotopic (exact) mass is 168 g/mol. The molecule has 0 amide bonds. The Morgan fingerprint density at radius 1 is 0.667 bits per heavy atom. The van der Waals surface area contributed by atoms with E-state index in [1.807, 2.05) is 0 Å². The van der Waals surface area contributed by atoms with E-state index in [-0.39, 0.29) is 0 Å². The number of rotatable bonds is 0. The maximum absolute atomic E-state index is 6.10. The fraction of sp³-hybridized carbons (Fsp3) is 1.00. The topological polar surface area (TPSA) is 52.0 Å². The van der Waals surface area contributed by atoms with Crippen LogP contribution in [0.4, 0.5) is 0 Å². The molecule has 0 spiro atoms. The van der Waals surface area contributed by atoms with Gasteiger partial charge < -0.3 is 11.5 Å². The van der Waals surface area contributed by atoms with Crippen molar-refractivity contribution in [1.29, 1.82) is 0 Å². The summed E-state index contributed by atoms with van der Waals surface area (Å²) < 4.78 is 0. The SMILES string of the molecule is N[C@@H]1CCC[C@H]2[C@@H]1CCC[C@H]2N. The van der Waals surface area contributed by atoms with Crippen molar-refractivity contribution in [2.45, 2.75) is 50.6 Å². The first kappa shape index (κ1) is 8.52. The second kappa shape index (κ2) is 3.35. The predicted octanol–water partition coefficient (Wildman–Crippen LogP) is 1.24. The molecule has 0 aromatic heterocycles. The van der Waals surface area contributed by atoms with Crippen LogP contribution in [0.5, 0.6) is 0 Å². The van der Waals surface area contributed by atoms with Gasteiger partial charge in [0.05, 0.1) is 0 Å². The summed E-state index contributed by atoms with van der Waals surface area (Å²) in [4.78, 5) is 0. The van der Waals surface area contributed by atoms with Gasteiger partial charge in [-0.05, 0) is 37.5 Å². The molecule has 70 valence electrons. The lowest BCUT2D eigenvalue weighted by Gasteiger charge is -2.43. The van der Waals surface area contributed by atoms with Crippen LogP contribution in [0.2, 0.25) is 0 Å². The van der Waals surface area contributed by atoms with Crippen LogP contribution in [-0.4, -0.2) is 12.1 Å². The van der Waals surface area contributed by atoms with Gasteiger partial charge in [0.2, 0.25) is 0 Å². The van der Waals surface area contributed by atoms with Crippen LogP contribution >= 0.6 is 0 Å². The minimum atomic E-state index is 0.454. The molecule has 2 saturated carbocycles. The van der Waals surface area contributed by atoms with Crippen LogP contribution in [0.1, 0.15) is 38.5 Å². The fourth-order valence-electron chi connectivity index (χ4n) is 3.10. The first-order chi connectivity index (χ1) is 5.79.